The van der Waals surface area contributed by atoms with Gasteiger partial charge in [-0.2, -0.15) is 0 Å². The second-order valence-corrected chi connectivity index (χ2v) is 13.0. The molecule has 13 nitrogen and oxygen atoms in total. The molecule has 0 bridgehead atoms. The minimum absolute atomic E-state index is 0.515. The first-order valence-electron chi connectivity index (χ1n) is 13.7. The van der Waals surface area contributed by atoms with E-state index in [1.165, 1.54) is 0 Å². The van der Waals surface area contributed by atoms with E-state index >= 15 is 0 Å². The van der Waals surface area contributed by atoms with Crippen molar-refractivity contribution in [2.75, 3.05) is 0 Å². The average molecular weight is 566 g/mol. The van der Waals surface area contributed by atoms with Crippen LogP contribution in [-0.4, -0.2) is 118 Å². The lowest BCUT2D eigenvalue weighted by Crippen LogP contribution is -2.68. The quantitative estimate of drug-likeness (QED) is 0.230. The third kappa shape index (κ3) is 7.86. The minimum atomic E-state index is -1.24. The number of rotatable bonds is 6. The molecular formula is C26H51N3O10. The van der Waals surface area contributed by atoms with Gasteiger partial charge >= 0.3 is 0 Å². The van der Waals surface area contributed by atoms with Gasteiger partial charge in [0.2, 0.25) is 0 Å². The fourth-order valence-corrected chi connectivity index (χ4v) is 5.08. The SMILES string of the molecule is CC1OC(OC2C(C)OC(OC(C)(C)C)C(N)C2O)C(N)C(O)C1OC1OC(C)C(OC(C)(C)C)C(O)C1N. The van der Waals surface area contributed by atoms with Crippen LogP contribution in [0.25, 0.3) is 0 Å². The van der Waals surface area contributed by atoms with Crippen LogP contribution in [-0.2, 0) is 33.2 Å². The van der Waals surface area contributed by atoms with Crippen molar-refractivity contribution in [3.8, 4) is 0 Å². The van der Waals surface area contributed by atoms with Crippen LogP contribution in [0, 0.1) is 0 Å². The normalized spacial score (nSPS) is 48.2. The molecule has 0 radical (unpaired) electrons. The molecule has 13 heteroatoms. The summed E-state index contributed by atoms with van der Waals surface area (Å²) in [6.07, 6.45) is -10.8. The molecule has 9 N–H and O–H groups in total. The second-order valence-electron chi connectivity index (χ2n) is 13.0. The van der Waals surface area contributed by atoms with E-state index in [0.29, 0.717) is 0 Å². The molecule has 0 spiro atoms. The highest BCUT2D eigenvalue weighted by atomic mass is 16.7. The Bertz CT molecular complexity index is 795. The maximum atomic E-state index is 11.1. The Morgan fingerprint density at radius 3 is 1.21 bits per heavy atom. The van der Waals surface area contributed by atoms with Gasteiger partial charge in [0.15, 0.2) is 18.9 Å². The van der Waals surface area contributed by atoms with E-state index in [1.54, 1.807) is 20.8 Å². The van der Waals surface area contributed by atoms with Crippen LogP contribution in [0.15, 0.2) is 0 Å². The second kappa shape index (κ2) is 12.4. The van der Waals surface area contributed by atoms with Crippen LogP contribution in [0.1, 0.15) is 62.3 Å². The summed E-state index contributed by atoms with van der Waals surface area (Å²) >= 11 is 0. The highest BCUT2D eigenvalue weighted by Crippen LogP contribution is 2.33. The van der Waals surface area contributed by atoms with E-state index in [4.69, 9.17) is 50.4 Å². The molecule has 39 heavy (non-hydrogen) atoms. The molecule has 3 fully saturated rings. The summed E-state index contributed by atoms with van der Waals surface area (Å²) in [4.78, 5) is 0. The Balaban J connectivity index is 1.63. The van der Waals surface area contributed by atoms with Crippen molar-refractivity contribution in [2.45, 2.75) is 165 Å². The summed E-state index contributed by atoms with van der Waals surface area (Å²) in [5, 5.41) is 32.8. The molecule has 230 valence electrons. The summed E-state index contributed by atoms with van der Waals surface area (Å²) < 4.78 is 41.7. The summed E-state index contributed by atoms with van der Waals surface area (Å²) in [5.74, 6) is 0. The number of hydrogen-bond donors (Lipinski definition) is 6. The molecule has 0 amide bonds. The summed E-state index contributed by atoms with van der Waals surface area (Å²) in [6.45, 7) is 16.4. The maximum Gasteiger partial charge on any atom is 0.176 e. The molecule has 3 rings (SSSR count). The van der Waals surface area contributed by atoms with Crippen LogP contribution in [0.5, 0.6) is 0 Å². The molecule has 15 unspecified atom stereocenters. The van der Waals surface area contributed by atoms with Gasteiger partial charge in [0, 0.05) is 0 Å². The molecule has 3 heterocycles. The number of nitrogens with two attached hydrogens (primary N) is 3. The summed E-state index contributed by atoms with van der Waals surface area (Å²) in [6, 6.07) is -2.88. The van der Waals surface area contributed by atoms with Crippen molar-refractivity contribution in [1.82, 2.24) is 0 Å². The molecule has 0 aromatic carbocycles. The van der Waals surface area contributed by atoms with Gasteiger partial charge in [-0.3, -0.25) is 0 Å². The van der Waals surface area contributed by atoms with Crippen molar-refractivity contribution < 1.29 is 48.5 Å². The Morgan fingerprint density at radius 2 is 0.821 bits per heavy atom. The lowest BCUT2D eigenvalue weighted by Gasteiger charge is -2.49. The van der Waals surface area contributed by atoms with Crippen molar-refractivity contribution >= 4 is 0 Å². The lowest BCUT2D eigenvalue weighted by atomic mass is 9.94. The Morgan fingerprint density at radius 1 is 0.513 bits per heavy atom. The Kier molecular flexibility index (Phi) is 10.5. The van der Waals surface area contributed by atoms with Gasteiger partial charge in [0.05, 0.1) is 47.6 Å². The maximum absolute atomic E-state index is 11.1. The fourth-order valence-electron chi connectivity index (χ4n) is 5.08. The van der Waals surface area contributed by atoms with Gasteiger partial charge in [0.25, 0.3) is 0 Å². The molecule has 0 aromatic rings. The van der Waals surface area contributed by atoms with Gasteiger partial charge in [-0.25, -0.2) is 0 Å². The van der Waals surface area contributed by atoms with Gasteiger partial charge in [-0.15, -0.1) is 0 Å². The van der Waals surface area contributed by atoms with Crippen molar-refractivity contribution in [3.05, 3.63) is 0 Å². The highest BCUT2D eigenvalue weighted by molar-refractivity contribution is 4.98. The van der Waals surface area contributed by atoms with Crippen molar-refractivity contribution in [3.63, 3.8) is 0 Å². The first kappa shape index (κ1) is 33.0. The number of aliphatic hydroxyl groups is 3. The van der Waals surface area contributed by atoms with Crippen LogP contribution in [0.4, 0.5) is 0 Å². The third-order valence-electron chi connectivity index (χ3n) is 7.11. The smallest absolute Gasteiger partial charge is 0.176 e. The van der Waals surface area contributed by atoms with Crippen LogP contribution >= 0.6 is 0 Å². The summed E-state index contributed by atoms with van der Waals surface area (Å²) in [5.41, 5.74) is 17.7. The summed E-state index contributed by atoms with van der Waals surface area (Å²) in [7, 11) is 0. The van der Waals surface area contributed by atoms with E-state index < -0.39 is 103 Å². The van der Waals surface area contributed by atoms with E-state index in [0.717, 1.165) is 0 Å². The predicted octanol–water partition coefficient (Wildman–Crippen LogP) is -0.945. The van der Waals surface area contributed by atoms with E-state index in [9.17, 15) is 15.3 Å². The monoisotopic (exact) mass is 565 g/mol. The zero-order valence-corrected chi connectivity index (χ0v) is 24.6. The minimum Gasteiger partial charge on any atom is -0.388 e. The van der Waals surface area contributed by atoms with Crippen molar-refractivity contribution in [1.29, 1.82) is 0 Å². The molecular weight excluding hydrogens is 514 g/mol. The molecule has 3 saturated heterocycles. The average Bonchev–Trinajstić information content (AvgIpc) is 2.80. The largest absolute Gasteiger partial charge is 0.388 e. The lowest BCUT2D eigenvalue weighted by molar-refractivity contribution is -0.347. The van der Waals surface area contributed by atoms with E-state index in [2.05, 4.69) is 0 Å². The first-order valence-corrected chi connectivity index (χ1v) is 13.7. The number of hydrogen-bond acceptors (Lipinski definition) is 13. The van der Waals surface area contributed by atoms with E-state index in [-0.39, 0.29) is 0 Å². The molecule has 0 aromatic heterocycles. The van der Waals surface area contributed by atoms with Gasteiger partial charge in [-0.05, 0) is 62.3 Å². The zero-order chi connectivity index (χ0) is 29.6. The topological polar surface area (TPSA) is 203 Å². The number of aliphatic hydroxyl groups excluding tert-OH is 3. The van der Waals surface area contributed by atoms with Crippen LogP contribution < -0.4 is 17.2 Å². The van der Waals surface area contributed by atoms with E-state index in [1.807, 2.05) is 41.5 Å². The van der Waals surface area contributed by atoms with Crippen molar-refractivity contribution in [2.24, 2.45) is 17.2 Å². The van der Waals surface area contributed by atoms with Gasteiger partial charge < -0.3 is 65.7 Å². The van der Waals surface area contributed by atoms with Gasteiger partial charge in [0.1, 0.15) is 36.6 Å². The standard InChI is InChI=1S/C26H51N3O10/c1-10-19(36-23-14(28)18(32)21(12(3)34-23)38-25(4,5)6)16(30)13(27)22(33-10)37-20-11(2)35-24(15(29)17(20)31)39-26(7,8)9/h10-24,30-32H,27-29H2,1-9H3. The molecule has 3 aliphatic rings. The predicted molar refractivity (Wildman–Crippen MR) is 140 cm³/mol. The molecule has 15 atom stereocenters. The fraction of sp³-hybridized carbons (Fsp3) is 1.00. The van der Waals surface area contributed by atoms with Crippen LogP contribution in [0.2, 0.25) is 0 Å². The third-order valence-corrected chi connectivity index (χ3v) is 7.11. The zero-order valence-electron chi connectivity index (χ0n) is 24.6. The van der Waals surface area contributed by atoms with Crippen LogP contribution in [0.3, 0.4) is 0 Å². The number of ether oxygens (including phenoxy) is 7. The molecule has 3 aliphatic heterocycles. The molecule has 0 saturated carbocycles. The van der Waals surface area contributed by atoms with Gasteiger partial charge in [-0.1, -0.05) is 0 Å². The Labute approximate surface area is 231 Å². The Hall–Kier alpha value is -0.520. The highest BCUT2D eigenvalue weighted by Gasteiger charge is 2.51. The molecule has 0 aliphatic carbocycles. The first-order chi connectivity index (χ1) is 17.8.